The van der Waals surface area contributed by atoms with Crippen molar-refractivity contribution < 1.29 is 17.9 Å². The van der Waals surface area contributed by atoms with Crippen molar-refractivity contribution in [2.45, 2.75) is 11.3 Å². The summed E-state index contributed by atoms with van der Waals surface area (Å²) in [5.41, 5.74) is 1.03. The lowest BCUT2D eigenvalue weighted by Gasteiger charge is -2.09. The molecule has 3 rings (SSSR count). The van der Waals surface area contributed by atoms with E-state index in [4.69, 9.17) is 9.47 Å². The minimum Gasteiger partial charge on any atom is -0.497 e. The highest BCUT2D eigenvalue weighted by atomic mass is 32.2. The second-order valence-electron chi connectivity index (χ2n) is 5.88. The van der Waals surface area contributed by atoms with Crippen molar-refractivity contribution in [2.24, 2.45) is 0 Å². The topological polar surface area (TPSA) is 64.6 Å². The van der Waals surface area contributed by atoms with Crippen molar-refractivity contribution in [3.05, 3.63) is 84.4 Å². The number of para-hydroxylation sites is 1. The van der Waals surface area contributed by atoms with Gasteiger partial charge >= 0.3 is 0 Å². The predicted molar refractivity (Wildman–Crippen MR) is 105 cm³/mol. The molecule has 0 saturated carbocycles. The van der Waals surface area contributed by atoms with Crippen LogP contribution in [0.15, 0.2) is 83.8 Å². The summed E-state index contributed by atoms with van der Waals surface area (Å²) in [5.74, 6) is 2.06. The molecule has 0 heterocycles. The summed E-state index contributed by atoms with van der Waals surface area (Å²) in [7, 11) is -1.95. The first-order chi connectivity index (χ1) is 13.1. The van der Waals surface area contributed by atoms with E-state index in [-0.39, 0.29) is 4.90 Å². The maximum atomic E-state index is 12.4. The third-order valence-corrected chi connectivity index (χ3v) is 5.45. The van der Waals surface area contributed by atoms with Gasteiger partial charge in [0.25, 0.3) is 0 Å². The van der Waals surface area contributed by atoms with Crippen LogP contribution < -0.4 is 14.2 Å². The SMILES string of the molecule is COc1ccc(CCNS(=O)(=O)c2ccc(Oc3ccccc3)cc2)cc1. The van der Waals surface area contributed by atoms with Gasteiger partial charge in [-0.1, -0.05) is 30.3 Å². The molecule has 0 fully saturated rings. The second-order valence-corrected chi connectivity index (χ2v) is 7.65. The number of ether oxygens (including phenoxy) is 2. The van der Waals surface area contributed by atoms with Gasteiger partial charge in [-0.15, -0.1) is 0 Å². The molecule has 140 valence electrons. The zero-order valence-electron chi connectivity index (χ0n) is 15.0. The molecule has 0 atom stereocenters. The predicted octanol–water partition coefficient (Wildman–Crippen LogP) is 4.01. The van der Waals surface area contributed by atoms with Gasteiger partial charge < -0.3 is 9.47 Å². The minimum atomic E-state index is -3.56. The lowest BCUT2D eigenvalue weighted by molar-refractivity contribution is 0.414. The molecule has 0 aliphatic rings. The molecule has 0 aliphatic carbocycles. The molecule has 0 amide bonds. The summed E-state index contributed by atoms with van der Waals surface area (Å²) < 4.78 is 38.3. The Kier molecular flexibility index (Phi) is 6.11. The van der Waals surface area contributed by atoms with Crippen LogP contribution >= 0.6 is 0 Å². The highest BCUT2D eigenvalue weighted by Gasteiger charge is 2.13. The van der Waals surface area contributed by atoms with Gasteiger partial charge in [0.2, 0.25) is 10.0 Å². The molecule has 0 spiro atoms. The Morgan fingerprint density at radius 1 is 0.778 bits per heavy atom. The van der Waals surface area contributed by atoms with Crippen LogP contribution in [0, 0.1) is 0 Å². The van der Waals surface area contributed by atoms with Gasteiger partial charge in [0.05, 0.1) is 12.0 Å². The third kappa shape index (κ3) is 5.32. The average Bonchev–Trinajstić information content (AvgIpc) is 2.70. The average molecular weight is 383 g/mol. The number of hydrogen-bond donors (Lipinski definition) is 1. The van der Waals surface area contributed by atoms with Crippen molar-refractivity contribution in [1.29, 1.82) is 0 Å². The molecule has 6 heteroatoms. The Morgan fingerprint density at radius 2 is 1.37 bits per heavy atom. The van der Waals surface area contributed by atoms with Crippen LogP contribution in [0.2, 0.25) is 0 Å². The van der Waals surface area contributed by atoms with Gasteiger partial charge in [0.1, 0.15) is 17.2 Å². The molecule has 3 aromatic carbocycles. The summed E-state index contributed by atoms with van der Waals surface area (Å²) in [6.07, 6.45) is 0.596. The lowest BCUT2D eigenvalue weighted by Crippen LogP contribution is -2.25. The molecule has 5 nitrogen and oxygen atoms in total. The molecular weight excluding hydrogens is 362 g/mol. The van der Waals surface area contributed by atoms with Gasteiger partial charge in [-0.3, -0.25) is 0 Å². The van der Waals surface area contributed by atoms with Crippen molar-refractivity contribution in [1.82, 2.24) is 4.72 Å². The van der Waals surface area contributed by atoms with E-state index in [1.54, 1.807) is 19.2 Å². The Labute approximate surface area is 159 Å². The Morgan fingerprint density at radius 3 is 2.00 bits per heavy atom. The maximum absolute atomic E-state index is 12.4. The fourth-order valence-corrected chi connectivity index (χ4v) is 3.55. The number of rotatable bonds is 8. The van der Waals surface area contributed by atoms with Crippen LogP contribution in [0.25, 0.3) is 0 Å². The van der Waals surface area contributed by atoms with Gasteiger partial charge in [-0.25, -0.2) is 13.1 Å². The van der Waals surface area contributed by atoms with E-state index in [2.05, 4.69) is 4.72 Å². The first-order valence-electron chi connectivity index (χ1n) is 8.52. The van der Waals surface area contributed by atoms with Crippen molar-refractivity contribution in [3.63, 3.8) is 0 Å². The van der Waals surface area contributed by atoms with Crippen LogP contribution in [0.4, 0.5) is 0 Å². The molecule has 3 aromatic rings. The first kappa shape index (κ1) is 18.9. The largest absolute Gasteiger partial charge is 0.497 e. The van der Waals surface area contributed by atoms with Gasteiger partial charge in [-0.2, -0.15) is 0 Å². The number of methoxy groups -OCH3 is 1. The van der Waals surface area contributed by atoms with Gasteiger partial charge in [-0.05, 0) is 60.5 Å². The van der Waals surface area contributed by atoms with Crippen LogP contribution in [0.3, 0.4) is 0 Å². The highest BCUT2D eigenvalue weighted by Crippen LogP contribution is 2.22. The quantitative estimate of drug-likeness (QED) is 0.638. The fourth-order valence-electron chi connectivity index (χ4n) is 2.52. The Hall–Kier alpha value is -2.83. The summed E-state index contributed by atoms with van der Waals surface area (Å²) in [4.78, 5) is 0.206. The van der Waals surface area contributed by atoms with E-state index in [0.29, 0.717) is 24.5 Å². The van der Waals surface area contributed by atoms with E-state index in [9.17, 15) is 8.42 Å². The van der Waals surface area contributed by atoms with Crippen molar-refractivity contribution >= 4 is 10.0 Å². The third-order valence-electron chi connectivity index (χ3n) is 3.98. The molecule has 0 saturated heterocycles. The van der Waals surface area contributed by atoms with Crippen LogP contribution in [-0.4, -0.2) is 22.1 Å². The van der Waals surface area contributed by atoms with Gasteiger partial charge in [0.15, 0.2) is 0 Å². The van der Waals surface area contributed by atoms with Crippen LogP contribution in [-0.2, 0) is 16.4 Å². The molecule has 0 bridgehead atoms. The molecular formula is C21H21NO4S. The normalized spacial score (nSPS) is 11.1. The number of nitrogens with one attached hydrogen (secondary N) is 1. The second kappa shape index (κ2) is 8.70. The zero-order valence-corrected chi connectivity index (χ0v) is 15.8. The lowest BCUT2D eigenvalue weighted by atomic mass is 10.1. The van der Waals surface area contributed by atoms with Crippen molar-refractivity contribution in [2.75, 3.05) is 13.7 Å². The standard InChI is InChI=1S/C21H21NO4S/c1-25-18-9-7-17(8-10-18)15-16-22-27(23,24)21-13-11-20(12-14-21)26-19-5-3-2-4-6-19/h2-14,22H,15-16H2,1H3. The first-order valence-corrected chi connectivity index (χ1v) is 10.0. The van der Waals surface area contributed by atoms with E-state index >= 15 is 0 Å². The monoisotopic (exact) mass is 383 g/mol. The van der Waals surface area contributed by atoms with Gasteiger partial charge in [0, 0.05) is 6.54 Å². The van der Waals surface area contributed by atoms with Crippen molar-refractivity contribution in [3.8, 4) is 17.2 Å². The summed E-state index contributed by atoms with van der Waals surface area (Å²) >= 11 is 0. The number of sulfonamides is 1. The molecule has 0 radical (unpaired) electrons. The van der Waals surface area contributed by atoms with E-state index in [1.807, 2.05) is 54.6 Å². The minimum absolute atomic E-state index is 0.206. The van der Waals surface area contributed by atoms with Crippen LogP contribution in [0.5, 0.6) is 17.2 Å². The molecule has 27 heavy (non-hydrogen) atoms. The highest BCUT2D eigenvalue weighted by molar-refractivity contribution is 7.89. The number of hydrogen-bond acceptors (Lipinski definition) is 4. The Bertz CT molecular complexity index is 953. The van der Waals surface area contributed by atoms with E-state index in [0.717, 1.165) is 11.3 Å². The maximum Gasteiger partial charge on any atom is 0.240 e. The Balaban J connectivity index is 1.57. The smallest absolute Gasteiger partial charge is 0.240 e. The molecule has 0 aromatic heterocycles. The summed E-state index contributed by atoms with van der Waals surface area (Å²) in [6.45, 7) is 0.316. The molecule has 0 unspecified atom stereocenters. The summed E-state index contributed by atoms with van der Waals surface area (Å²) in [6, 6.07) is 23.2. The van der Waals surface area contributed by atoms with E-state index in [1.165, 1.54) is 12.1 Å². The fraction of sp³-hybridized carbons (Fsp3) is 0.143. The van der Waals surface area contributed by atoms with E-state index < -0.39 is 10.0 Å². The zero-order chi connectivity index (χ0) is 19.1. The van der Waals surface area contributed by atoms with Crippen LogP contribution in [0.1, 0.15) is 5.56 Å². The molecule has 0 aliphatic heterocycles. The number of benzene rings is 3. The summed E-state index contributed by atoms with van der Waals surface area (Å²) in [5, 5.41) is 0. The molecule has 1 N–H and O–H groups in total.